The van der Waals surface area contributed by atoms with Gasteiger partial charge in [-0.15, -0.1) is 0 Å². The molecule has 1 N–H and O–H groups in total. The molecule has 2 aromatic carbocycles. The molecule has 0 aliphatic rings. The number of rotatable bonds is 6. The molecule has 0 fully saturated rings. The molecule has 0 saturated carbocycles. The minimum Gasteiger partial charge on any atom is -0.484 e. The Morgan fingerprint density at radius 2 is 1.93 bits per heavy atom. The van der Waals surface area contributed by atoms with Crippen molar-refractivity contribution in [3.63, 3.8) is 0 Å². The van der Waals surface area contributed by atoms with E-state index in [1.54, 1.807) is 23.1 Å². The van der Waals surface area contributed by atoms with Crippen LogP contribution in [0.1, 0.15) is 11.1 Å². The van der Waals surface area contributed by atoms with E-state index >= 15 is 0 Å². The number of halogens is 3. The second-order valence-corrected chi connectivity index (χ2v) is 5.67. The van der Waals surface area contributed by atoms with Crippen molar-refractivity contribution in [3.8, 4) is 11.4 Å². The Balaban J connectivity index is 1.57. The maximum absolute atomic E-state index is 12.7. The number of hydrogen-bond donors (Lipinski definition) is 1. The number of carbonyl (C=O) groups is 1. The van der Waals surface area contributed by atoms with E-state index in [0.29, 0.717) is 0 Å². The lowest BCUT2D eigenvalue weighted by Gasteiger charge is -2.12. The Morgan fingerprint density at radius 3 is 2.67 bits per heavy atom. The molecule has 1 amide bonds. The zero-order valence-corrected chi connectivity index (χ0v) is 14.1. The summed E-state index contributed by atoms with van der Waals surface area (Å²) in [6.45, 7) is -0.147. The van der Waals surface area contributed by atoms with Crippen LogP contribution in [0.4, 0.5) is 13.2 Å². The predicted molar refractivity (Wildman–Crippen MR) is 92.3 cm³/mol. The molecule has 1 heterocycles. The number of alkyl halides is 3. The highest BCUT2D eigenvalue weighted by molar-refractivity contribution is 5.77. The van der Waals surface area contributed by atoms with Gasteiger partial charge in [-0.25, -0.2) is 4.68 Å². The van der Waals surface area contributed by atoms with Crippen LogP contribution in [-0.2, 0) is 17.5 Å². The van der Waals surface area contributed by atoms with Gasteiger partial charge in [-0.05, 0) is 35.9 Å². The zero-order valence-electron chi connectivity index (χ0n) is 14.1. The lowest BCUT2D eigenvalue weighted by atomic mass is 10.2. The van der Waals surface area contributed by atoms with Crippen molar-refractivity contribution < 1.29 is 22.7 Å². The lowest BCUT2D eigenvalue weighted by Crippen LogP contribution is -2.28. The molecule has 0 saturated heterocycles. The molecular formula is C19H16F3N3O2. The van der Waals surface area contributed by atoms with Crippen LogP contribution in [-0.4, -0.2) is 22.3 Å². The Bertz CT molecular complexity index is 909. The SMILES string of the molecule is O=C(COc1cccc(C(F)(F)F)c1)NCc1ccccc1-n1cccn1. The normalized spacial score (nSPS) is 11.2. The van der Waals surface area contributed by atoms with Crippen molar-refractivity contribution in [2.45, 2.75) is 12.7 Å². The van der Waals surface area contributed by atoms with Crippen LogP contribution >= 0.6 is 0 Å². The Kier molecular flexibility index (Phi) is 5.44. The maximum atomic E-state index is 12.7. The van der Waals surface area contributed by atoms with E-state index in [-0.39, 0.29) is 18.9 Å². The van der Waals surface area contributed by atoms with Crippen molar-refractivity contribution in [3.05, 3.63) is 78.1 Å². The number of para-hydroxylation sites is 1. The molecule has 0 spiro atoms. The summed E-state index contributed by atoms with van der Waals surface area (Å²) in [4.78, 5) is 12.0. The first-order chi connectivity index (χ1) is 12.9. The highest BCUT2D eigenvalue weighted by Gasteiger charge is 2.30. The van der Waals surface area contributed by atoms with Crippen molar-refractivity contribution in [2.24, 2.45) is 0 Å². The molecule has 27 heavy (non-hydrogen) atoms. The average molecular weight is 375 g/mol. The van der Waals surface area contributed by atoms with Crippen LogP contribution in [0.2, 0.25) is 0 Å². The number of carbonyl (C=O) groups excluding carboxylic acids is 1. The van der Waals surface area contributed by atoms with Crippen LogP contribution in [0.5, 0.6) is 5.75 Å². The Morgan fingerprint density at radius 1 is 1.11 bits per heavy atom. The molecule has 5 nitrogen and oxygen atoms in total. The standard InChI is InChI=1S/C19H16F3N3O2/c20-19(21,22)15-6-3-7-16(11-15)27-13-18(26)23-12-14-5-1-2-8-17(14)25-10-4-9-24-25/h1-11H,12-13H2,(H,23,26). The summed E-state index contributed by atoms with van der Waals surface area (Å²) in [5.74, 6) is -0.459. The van der Waals surface area contributed by atoms with Gasteiger partial charge in [-0.1, -0.05) is 24.3 Å². The molecule has 8 heteroatoms. The van der Waals surface area contributed by atoms with Gasteiger partial charge in [-0.3, -0.25) is 4.79 Å². The van der Waals surface area contributed by atoms with Crippen molar-refractivity contribution in [1.82, 2.24) is 15.1 Å². The monoisotopic (exact) mass is 375 g/mol. The highest BCUT2D eigenvalue weighted by atomic mass is 19.4. The summed E-state index contributed by atoms with van der Waals surface area (Å²) in [6.07, 6.45) is -1.02. The molecule has 3 rings (SSSR count). The van der Waals surface area contributed by atoms with E-state index in [2.05, 4.69) is 10.4 Å². The fourth-order valence-corrected chi connectivity index (χ4v) is 2.45. The molecule has 1 aromatic heterocycles. The third-order valence-corrected chi connectivity index (χ3v) is 3.75. The summed E-state index contributed by atoms with van der Waals surface area (Å²) in [7, 11) is 0. The number of benzene rings is 2. The summed E-state index contributed by atoms with van der Waals surface area (Å²) < 4.78 is 44.9. The van der Waals surface area contributed by atoms with Gasteiger partial charge in [0.2, 0.25) is 0 Å². The van der Waals surface area contributed by atoms with Gasteiger partial charge in [0.1, 0.15) is 5.75 Å². The lowest BCUT2D eigenvalue weighted by molar-refractivity contribution is -0.137. The van der Waals surface area contributed by atoms with E-state index < -0.39 is 17.6 Å². The van der Waals surface area contributed by atoms with Crippen LogP contribution < -0.4 is 10.1 Å². The quantitative estimate of drug-likeness (QED) is 0.716. The van der Waals surface area contributed by atoms with E-state index in [1.807, 2.05) is 24.3 Å². The van der Waals surface area contributed by atoms with Crippen LogP contribution in [0.25, 0.3) is 5.69 Å². The van der Waals surface area contributed by atoms with Gasteiger partial charge < -0.3 is 10.1 Å². The first kappa shape index (κ1) is 18.5. The zero-order chi connectivity index (χ0) is 19.3. The molecule has 0 aliphatic carbocycles. The molecular weight excluding hydrogens is 359 g/mol. The number of amides is 1. The fraction of sp³-hybridized carbons (Fsp3) is 0.158. The first-order valence-electron chi connectivity index (χ1n) is 8.08. The first-order valence-corrected chi connectivity index (χ1v) is 8.08. The third kappa shape index (κ3) is 4.87. The summed E-state index contributed by atoms with van der Waals surface area (Å²) in [5, 5.41) is 6.85. The van der Waals surface area contributed by atoms with Gasteiger partial charge in [0.15, 0.2) is 6.61 Å². The maximum Gasteiger partial charge on any atom is 0.416 e. The summed E-state index contributed by atoms with van der Waals surface area (Å²) in [5.41, 5.74) is 0.837. The second-order valence-electron chi connectivity index (χ2n) is 5.67. The van der Waals surface area contributed by atoms with E-state index in [4.69, 9.17) is 4.74 Å². The summed E-state index contributed by atoms with van der Waals surface area (Å²) in [6, 6.07) is 13.6. The number of ether oxygens (including phenoxy) is 1. The summed E-state index contributed by atoms with van der Waals surface area (Å²) >= 11 is 0. The largest absolute Gasteiger partial charge is 0.484 e. The van der Waals surface area contributed by atoms with E-state index in [9.17, 15) is 18.0 Å². The molecule has 0 unspecified atom stereocenters. The van der Waals surface area contributed by atoms with Crippen molar-refractivity contribution in [2.75, 3.05) is 6.61 Å². The highest BCUT2D eigenvalue weighted by Crippen LogP contribution is 2.31. The van der Waals surface area contributed by atoms with Gasteiger partial charge >= 0.3 is 6.18 Å². The minimum absolute atomic E-state index is 0.0167. The molecule has 3 aromatic rings. The molecule has 0 atom stereocenters. The molecule has 0 aliphatic heterocycles. The number of nitrogens with zero attached hydrogens (tertiary/aromatic N) is 2. The number of hydrogen-bond acceptors (Lipinski definition) is 3. The topological polar surface area (TPSA) is 56.1 Å². The van der Waals surface area contributed by atoms with E-state index in [0.717, 1.165) is 23.4 Å². The van der Waals surface area contributed by atoms with Crippen LogP contribution in [0.15, 0.2) is 67.0 Å². The predicted octanol–water partition coefficient (Wildman–Crippen LogP) is 3.59. The average Bonchev–Trinajstić information content (AvgIpc) is 3.19. The van der Waals surface area contributed by atoms with E-state index in [1.165, 1.54) is 12.1 Å². The number of aromatic nitrogens is 2. The smallest absolute Gasteiger partial charge is 0.416 e. The molecule has 0 radical (unpaired) electrons. The molecule has 140 valence electrons. The van der Waals surface area contributed by atoms with Crippen molar-refractivity contribution >= 4 is 5.91 Å². The third-order valence-electron chi connectivity index (χ3n) is 3.75. The number of nitrogens with one attached hydrogen (secondary N) is 1. The van der Waals surface area contributed by atoms with Gasteiger partial charge in [0.25, 0.3) is 5.91 Å². The van der Waals surface area contributed by atoms with Crippen LogP contribution in [0.3, 0.4) is 0 Å². The second kappa shape index (κ2) is 7.94. The Hall–Kier alpha value is -3.29. The van der Waals surface area contributed by atoms with Gasteiger partial charge in [0.05, 0.1) is 11.3 Å². The van der Waals surface area contributed by atoms with Gasteiger partial charge in [0, 0.05) is 18.9 Å². The minimum atomic E-state index is -4.46. The Labute approximate surface area is 153 Å². The van der Waals surface area contributed by atoms with Gasteiger partial charge in [-0.2, -0.15) is 18.3 Å². The van der Waals surface area contributed by atoms with Crippen LogP contribution in [0, 0.1) is 0 Å². The van der Waals surface area contributed by atoms with Crippen molar-refractivity contribution in [1.29, 1.82) is 0 Å². The molecule has 0 bridgehead atoms. The fourth-order valence-electron chi connectivity index (χ4n) is 2.45.